The van der Waals surface area contributed by atoms with E-state index in [-0.39, 0.29) is 6.04 Å². The van der Waals surface area contributed by atoms with Gasteiger partial charge >= 0.3 is 0 Å². The summed E-state index contributed by atoms with van der Waals surface area (Å²) in [6.07, 6.45) is 4.99. The fourth-order valence-corrected chi connectivity index (χ4v) is 2.36. The maximum Gasteiger partial charge on any atom is 0.168 e. The highest BCUT2D eigenvalue weighted by Crippen LogP contribution is 2.32. The lowest BCUT2D eigenvalue weighted by Crippen LogP contribution is -2.24. The third kappa shape index (κ3) is 2.24. The summed E-state index contributed by atoms with van der Waals surface area (Å²) in [5, 5.41) is 15.3. The van der Waals surface area contributed by atoms with E-state index >= 15 is 0 Å². The Morgan fingerprint density at radius 1 is 1.31 bits per heavy atom. The highest BCUT2D eigenvalue weighted by atomic mass is 15.6. The minimum atomic E-state index is 0.217. The zero-order valence-corrected chi connectivity index (χ0v) is 10.3. The number of aromatic nitrogens is 4. The molecule has 5 heteroatoms. The summed E-state index contributed by atoms with van der Waals surface area (Å²) in [5.74, 6) is 1.82. The molecule has 16 heavy (non-hydrogen) atoms. The molecule has 0 amide bonds. The van der Waals surface area contributed by atoms with Crippen LogP contribution in [-0.2, 0) is 0 Å². The first kappa shape index (κ1) is 11.5. The molecule has 0 radical (unpaired) electrons. The minimum absolute atomic E-state index is 0.217. The fourth-order valence-electron chi connectivity index (χ4n) is 2.36. The van der Waals surface area contributed by atoms with Gasteiger partial charge in [0.2, 0.25) is 0 Å². The molecule has 1 heterocycles. The Morgan fingerprint density at radius 3 is 2.62 bits per heavy atom. The Labute approximate surface area is 96.6 Å². The van der Waals surface area contributed by atoms with Gasteiger partial charge in [-0.3, -0.25) is 0 Å². The Balaban J connectivity index is 2.11. The highest BCUT2D eigenvalue weighted by molar-refractivity contribution is 4.92. The molecule has 0 aromatic carbocycles. The monoisotopic (exact) mass is 223 g/mol. The average molecular weight is 223 g/mol. The van der Waals surface area contributed by atoms with E-state index in [1.807, 2.05) is 11.7 Å². The second-order valence-corrected chi connectivity index (χ2v) is 4.91. The van der Waals surface area contributed by atoms with E-state index in [9.17, 15) is 0 Å². The average Bonchev–Trinajstić information content (AvgIpc) is 2.78. The van der Waals surface area contributed by atoms with E-state index in [1.165, 1.54) is 25.7 Å². The van der Waals surface area contributed by atoms with Gasteiger partial charge in [-0.15, -0.1) is 5.10 Å². The molecular weight excluding hydrogens is 202 g/mol. The third-order valence-corrected chi connectivity index (χ3v) is 3.67. The van der Waals surface area contributed by atoms with E-state index in [4.69, 9.17) is 0 Å². The van der Waals surface area contributed by atoms with Gasteiger partial charge in [-0.2, -0.15) is 0 Å². The van der Waals surface area contributed by atoms with Crippen molar-refractivity contribution in [3.05, 3.63) is 5.82 Å². The second-order valence-electron chi connectivity index (χ2n) is 4.91. The predicted octanol–water partition coefficient (Wildman–Crippen LogP) is 1.70. The number of nitrogens with one attached hydrogen (secondary N) is 1. The van der Waals surface area contributed by atoms with E-state index < -0.39 is 0 Å². The summed E-state index contributed by atoms with van der Waals surface area (Å²) < 4.78 is 2.02. The summed E-state index contributed by atoms with van der Waals surface area (Å²) in [6, 6.07) is 0.714. The van der Waals surface area contributed by atoms with E-state index in [0.29, 0.717) is 6.04 Å². The van der Waals surface area contributed by atoms with Crippen molar-refractivity contribution in [3.63, 3.8) is 0 Å². The molecule has 1 saturated carbocycles. The van der Waals surface area contributed by atoms with Gasteiger partial charge < -0.3 is 5.32 Å². The third-order valence-electron chi connectivity index (χ3n) is 3.67. The molecule has 1 atom stereocenters. The summed E-state index contributed by atoms with van der Waals surface area (Å²) in [4.78, 5) is 0. The first-order chi connectivity index (χ1) is 7.72. The molecule has 1 unspecified atom stereocenters. The topological polar surface area (TPSA) is 55.6 Å². The van der Waals surface area contributed by atoms with Gasteiger partial charge in [0.1, 0.15) is 0 Å². The van der Waals surface area contributed by atoms with Crippen LogP contribution in [0.5, 0.6) is 0 Å². The lowest BCUT2D eigenvalue weighted by molar-refractivity contribution is 0.262. The maximum atomic E-state index is 4.15. The highest BCUT2D eigenvalue weighted by Gasteiger charge is 2.24. The van der Waals surface area contributed by atoms with Crippen molar-refractivity contribution in [3.8, 4) is 0 Å². The van der Waals surface area contributed by atoms with Crippen LogP contribution < -0.4 is 5.32 Å². The van der Waals surface area contributed by atoms with Crippen LogP contribution in [0.4, 0.5) is 0 Å². The van der Waals surface area contributed by atoms with Crippen LogP contribution in [0.2, 0.25) is 0 Å². The van der Waals surface area contributed by atoms with Crippen LogP contribution in [0.15, 0.2) is 0 Å². The van der Waals surface area contributed by atoms with Crippen molar-refractivity contribution >= 4 is 0 Å². The number of hydrogen-bond acceptors (Lipinski definition) is 4. The lowest BCUT2D eigenvalue weighted by atomic mass is 9.87. The fraction of sp³-hybridized carbons (Fsp3) is 0.909. The quantitative estimate of drug-likeness (QED) is 0.847. The Kier molecular flexibility index (Phi) is 3.53. The van der Waals surface area contributed by atoms with Crippen LogP contribution in [0.25, 0.3) is 0 Å². The summed E-state index contributed by atoms with van der Waals surface area (Å²) >= 11 is 0. The van der Waals surface area contributed by atoms with Crippen LogP contribution >= 0.6 is 0 Å². The number of tetrazole rings is 1. The molecule has 1 fully saturated rings. The smallest absolute Gasteiger partial charge is 0.168 e. The van der Waals surface area contributed by atoms with Crippen molar-refractivity contribution in [2.75, 3.05) is 7.05 Å². The van der Waals surface area contributed by atoms with E-state index in [1.54, 1.807) is 0 Å². The SMILES string of the molecule is CNC(C)c1nnnn1C1CCC(C)CC1. The van der Waals surface area contributed by atoms with Crippen LogP contribution in [0, 0.1) is 5.92 Å². The zero-order valence-electron chi connectivity index (χ0n) is 10.3. The summed E-state index contributed by atoms with van der Waals surface area (Å²) in [7, 11) is 1.94. The molecule has 1 N–H and O–H groups in total. The Hall–Kier alpha value is -0.970. The first-order valence-electron chi connectivity index (χ1n) is 6.17. The molecule has 1 aromatic rings. The van der Waals surface area contributed by atoms with Crippen LogP contribution in [-0.4, -0.2) is 27.3 Å². The molecule has 5 nitrogen and oxygen atoms in total. The zero-order chi connectivity index (χ0) is 11.5. The standard InChI is InChI=1S/C11H21N5/c1-8-4-6-10(7-5-8)16-11(9(2)12-3)13-14-15-16/h8-10,12H,4-7H2,1-3H3. The number of hydrogen-bond donors (Lipinski definition) is 1. The molecule has 90 valence electrons. The van der Waals surface area contributed by atoms with Gasteiger partial charge in [-0.05, 0) is 56.0 Å². The molecular formula is C11H21N5. The lowest BCUT2D eigenvalue weighted by Gasteiger charge is -2.27. The van der Waals surface area contributed by atoms with Crippen molar-refractivity contribution in [2.24, 2.45) is 5.92 Å². The van der Waals surface area contributed by atoms with E-state index in [0.717, 1.165) is 11.7 Å². The summed E-state index contributed by atoms with van der Waals surface area (Å²) in [6.45, 7) is 4.42. The first-order valence-corrected chi connectivity index (χ1v) is 6.17. The molecule has 0 spiro atoms. The van der Waals surface area contributed by atoms with Crippen molar-refractivity contribution in [1.29, 1.82) is 0 Å². The van der Waals surface area contributed by atoms with Gasteiger partial charge in [0, 0.05) is 0 Å². The Morgan fingerprint density at radius 2 is 2.00 bits per heavy atom. The maximum absolute atomic E-state index is 4.15. The van der Waals surface area contributed by atoms with Gasteiger partial charge in [0.15, 0.2) is 5.82 Å². The van der Waals surface area contributed by atoms with Gasteiger partial charge in [-0.25, -0.2) is 4.68 Å². The number of rotatable bonds is 3. The van der Waals surface area contributed by atoms with Crippen molar-refractivity contribution < 1.29 is 0 Å². The van der Waals surface area contributed by atoms with Crippen LogP contribution in [0.3, 0.4) is 0 Å². The minimum Gasteiger partial charge on any atom is -0.311 e. The molecule has 0 bridgehead atoms. The largest absolute Gasteiger partial charge is 0.311 e. The van der Waals surface area contributed by atoms with Gasteiger partial charge in [0.05, 0.1) is 12.1 Å². The van der Waals surface area contributed by atoms with Gasteiger partial charge in [0.25, 0.3) is 0 Å². The van der Waals surface area contributed by atoms with Crippen LogP contribution in [0.1, 0.15) is 57.4 Å². The normalized spacial score (nSPS) is 27.9. The molecule has 2 rings (SSSR count). The van der Waals surface area contributed by atoms with E-state index in [2.05, 4.69) is 34.7 Å². The van der Waals surface area contributed by atoms with Crippen molar-refractivity contribution in [2.45, 2.75) is 51.6 Å². The second kappa shape index (κ2) is 4.91. The predicted molar refractivity (Wildman–Crippen MR) is 62.0 cm³/mol. The number of nitrogens with zero attached hydrogens (tertiary/aromatic N) is 4. The molecule has 0 aliphatic heterocycles. The summed E-state index contributed by atoms with van der Waals surface area (Å²) in [5.41, 5.74) is 0. The van der Waals surface area contributed by atoms with Gasteiger partial charge in [-0.1, -0.05) is 6.92 Å². The van der Waals surface area contributed by atoms with Crippen molar-refractivity contribution in [1.82, 2.24) is 25.5 Å². The Bertz CT molecular complexity index is 327. The molecule has 1 aliphatic rings. The molecule has 1 aromatic heterocycles. The molecule has 0 saturated heterocycles. The molecule has 1 aliphatic carbocycles.